The minimum atomic E-state index is -0.772. The first kappa shape index (κ1) is 15.5. The SMILES string of the molecule is COc1cccc(-c2noc(COC(=O)c3cccc[n+]3[O-])n2)c1. The predicted molar refractivity (Wildman–Crippen MR) is 80.8 cm³/mol. The largest absolute Gasteiger partial charge is 0.618 e. The molecule has 0 aliphatic carbocycles. The number of esters is 1. The van der Waals surface area contributed by atoms with Crippen LogP contribution in [0.5, 0.6) is 5.75 Å². The first-order valence-electron chi connectivity index (χ1n) is 6.99. The van der Waals surface area contributed by atoms with Crippen molar-refractivity contribution in [2.45, 2.75) is 6.61 Å². The van der Waals surface area contributed by atoms with Crippen molar-refractivity contribution in [2.24, 2.45) is 0 Å². The van der Waals surface area contributed by atoms with Crippen LogP contribution in [-0.2, 0) is 11.3 Å². The standard InChI is InChI=1S/C16H13N3O5/c1-22-12-6-4-5-11(9-12)15-17-14(24-18-15)10-23-16(20)13-7-2-3-8-19(13)21/h2-9H,10H2,1H3. The molecule has 8 heteroatoms. The first-order valence-corrected chi connectivity index (χ1v) is 6.99. The lowest BCUT2D eigenvalue weighted by molar-refractivity contribution is -0.608. The van der Waals surface area contributed by atoms with Crippen LogP contribution >= 0.6 is 0 Å². The molecule has 3 aromatic rings. The second kappa shape index (κ2) is 6.78. The van der Waals surface area contributed by atoms with Gasteiger partial charge in [0, 0.05) is 17.7 Å². The van der Waals surface area contributed by atoms with Crippen LogP contribution in [0.4, 0.5) is 0 Å². The minimum Gasteiger partial charge on any atom is -0.618 e. The lowest BCUT2D eigenvalue weighted by Crippen LogP contribution is -2.34. The van der Waals surface area contributed by atoms with Crippen LogP contribution in [0, 0.1) is 5.21 Å². The van der Waals surface area contributed by atoms with Gasteiger partial charge < -0.3 is 19.2 Å². The van der Waals surface area contributed by atoms with Crippen LogP contribution in [0.15, 0.2) is 53.2 Å². The van der Waals surface area contributed by atoms with Crippen molar-refractivity contribution in [1.82, 2.24) is 10.1 Å². The van der Waals surface area contributed by atoms with Crippen molar-refractivity contribution in [3.63, 3.8) is 0 Å². The number of nitrogens with zero attached hydrogens (tertiary/aromatic N) is 3. The average molecular weight is 327 g/mol. The Labute approximate surface area is 136 Å². The Morgan fingerprint density at radius 2 is 2.17 bits per heavy atom. The van der Waals surface area contributed by atoms with Crippen molar-refractivity contribution >= 4 is 5.97 Å². The highest BCUT2D eigenvalue weighted by atomic mass is 16.6. The smallest absolute Gasteiger partial charge is 0.405 e. The highest BCUT2D eigenvalue weighted by Gasteiger charge is 2.18. The number of ether oxygens (including phenoxy) is 2. The zero-order valence-corrected chi connectivity index (χ0v) is 12.7. The maximum absolute atomic E-state index is 11.8. The van der Waals surface area contributed by atoms with Gasteiger partial charge in [-0.2, -0.15) is 9.71 Å². The molecule has 0 saturated carbocycles. The fourth-order valence-electron chi connectivity index (χ4n) is 1.98. The number of carbonyl (C=O) groups is 1. The van der Waals surface area contributed by atoms with Gasteiger partial charge in [0.2, 0.25) is 5.82 Å². The van der Waals surface area contributed by atoms with E-state index in [1.807, 2.05) is 0 Å². The molecule has 2 heterocycles. The van der Waals surface area contributed by atoms with Gasteiger partial charge in [-0.25, -0.2) is 4.79 Å². The number of rotatable bonds is 5. The van der Waals surface area contributed by atoms with E-state index in [2.05, 4.69) is 10.1 Å². The Bertz CT molecular complexity index is 862. The molecule has 0 spiro atoms. The van der Waals surface area contributed by atoms with Crippen molar-refractivity contribution < 1.29 is 23.5 Å². The van der Waals surface area contributed by atoms with Crippen molar-refractivity contribution in [3.8, 4) is 17.1 Å². The second-order valence-corrected chi connectivity index (χ2v) is 4.73. The van der Waals surface area contributed by atoms with Crippen LogP contribution in [0.2, 0.25) is 0 Å². The zero-order chi connectivity index (χ0) is 16.9. The molecule has 8 nitrogen and oxygen atoms in total. The topological polar surface area (TPSA) is 101 Å². The van der Waals surface area contributed by atoms with Crippen LogP contribution in [0.3, 0.4) is 0 Å². The molecule has 24 heavy (non-hydrogen) atoms. The minimum absolute atomic E-state index is 0.120. The Morgan fingerprint density at radius 3 is 2.96 bits per heavy atom. The zero-order valence-electron chi connectivity index (χ0n) is 12.7. The Morgan fingerprint density at radius 1 is 1.29 bits per heavy atom. The number of carbonyl (C=O) groups excluding carboxylic acids is 1. The van der Waals surface area contributed by atoms with Crippen LogP contribution in [0.25, 0.3) is 11.4 Å². The summed E-state index contributed by atoms with van der Waals surface area (Å²) in [5, 5.41) is 15.3. The van der Waals surface area contributed by atoms with Crippen molar-refractivity contribution in [1.29, 1.82) is 0 Å². The van der Waals surface area contributed by atoms with Gasteiger partial charge in [0.1, 0.15) is 5.75 Å². The van der Waals surface area contributed by atoms with Gasteiger partial charge in [-0.3, -0.25) is 0 Å². The molecule has 1 aromatic carbocycles. The van der Waals surface area contributed by atoms with Crippen molar-refractivity contribution in [2.75, 3.05) is 7.11 Å². The van der Waals surface area contributed by atoms with E-state index in [1.54, 1.807) is 37.4 Å². The number of hydrogen-bond acceptors (Lipinski definition) is 7. The molecule has 0 unspecified atom stereocenters. The summed E-state index contributed by atoms with van der Waals surface area (Å²) < 4.78 is 15.6. The van der Waals surface area contributed by atoms with Crippen LogP contribution < -0.4 is 9.47 Å². The molecule has 0 saturated heterocycles. The van der Waals surface area contributed by atoms with Gasteiger partial charge in [-0.1, -0.05) is 17.3 Å². The van der Waals surface area contributed by atoms with Gasteiger partial charge in [0.15, 0.2) is 12.8 Å². The van der Waals surface area contributed by atoms with E-state index in [1.165, 1.54) is 18.3 Å². The van der Waals surface area contributed by atoms with Gasteiger partial charge >= 0.3 is 11.7 Å². The molecule has 122 valence electrons. The quantitative estimate of drug-likeness (QED) is 0.399. The summed E-state index contributed by atoms with van der Waals surface area (Å²) in [4.78, 5) is 16.0. The summed E-state index contributed by atoms with van der Waals surface area (Å²) in [5.41, 5.74) is 0.584. The molecular formula is C16H13N3O5. The molecule has 0 bridgehead atoms. The van der Waals surface area contributed by atoms with Crippen LogP contribution in [0.1, 0.15) is 16.4 Å². The van der Waals surface area contributed by atoms with E-state index in [0.717, 1.165) is 0 Å². The first-order chi connectivity index (χ1) is 11.7. The van der Waals surface area contributed by atoms with Gasteiger partial charge in [-0.05, 0) is 18.2 Å². The maximum Gasteiger partial charge on any atom is 0.405 e. The van der Waals surface area contributed by atoms with Gasteiger partial charge in [0.25, 0.3) is 5.89 Å². The Balaban J connectivity index is 1.68. The summed E-state index contributed by atoms with van der Waals surface area (Å²) in [6, 6.07) is 11.6. The highest BCUT2D eigenvalue weighted by Crippen LogP contribution is 2.21. The van der Waals surface area contributed by atoms with E-state index in [9.17, 15) is 10.0 Å². The fraction of sp³-hybridized carbons (Fsp3) is 0.125. The summed E-state index contributed by atoms with van der Waals surface area (Å²) in [7, 11) is 1.56. The highest BCUT2D eigenvalue weighted by molar-refractivity contribution is 5.85. The predicted octanol–water partition coefficient (Wildman–Crippen LogP) is 1.74. The number of benzene rings is 1. The summed E-state index contributed by atoms with van der Waals surface area (Å²) in [5.74, 6) is 0.356. The fourth-order valence-corrected chi connectivity index (χ4v) is 1.98. The average Bonchev–Trinajstić information content (AvgIpc) is 3.09. The van der Waals surface area contributed by atoms with E-state index < -0.39 is 5.97 Å². The van der Waals surface area contributed by atoms with Crippen LogP contribution in [-0.4, -0.2) is 23.2 Å². The molecule has 0 N–H and O–H groups in total. The molecular weight excluding hydrogens is 314 g/mol. The lowest BCUT2D eigenvalue weighted by atomic mass is 10.2. The van der Waals surface area contributed by atoms with Gasteiger partial charge in [0.05, 0.1) is 7.11 Å². The van der Waals surface area contributed by atoms with E-state index in [4.69, 9.17) is 14.0 Å². The normalized spacial score (nSPS) is 10.4. The molecule has 3 rings (SSSR count). The molecule has 0 aliphatic rings. The maximum atomic E-state index is 11.8. The van der Waals surface area contributed by atoms with Crippen molar-refractivity contribution in [3.05, 3.63) is 65.5 Å². The number of pyridine rings is 1. The Kier molecular flexibility index (Phi) is 4.37. The molecule has 0 aliphatic heterocycles. The number of hydrogen-bond donors (Lipinski definition) is 0. The molecule has 0 radical (unpaired) electrons. The molecule has 0 atom stereocenters. The second-order valence-electron chi connectivity index (χ2n) is 4.73. The third kappa shape index (κ3) is 3.32. The number of methoxy groups -OCH3 is 1. The van der Waals surface area contributed by atoms with E-state index in [-0.39, 0.29) is 18.2 Å². The summed E-state index contributed by atoms with van der Waals surface area (Å²) in [6.45, 7) is -0.231. The van der Waals surface area contributed by atoms with E-state index >= 15 is 0 Å². The third-order valence-electron chi connectivity index (χ3n) is 3.16. The third-order valence-corrected chi connectivity index (χ3v) is 3.16. The number of aromatic nitrogens is 3. The lowest BCUT2D eigenvalue weighted by Gasteiger charge is -2.02. The van der Waals surface area contributed by atoms with Gasteiger partial charge in [-0.15, -0.1) is 0 Å². The van der Waals surface area contributed by atoms with E-state index in [0.29, 0.717) is 21.9 Å². The molecule has 0 fully saturated rings. The molecule has 2 aromatic heterocycles. The summed E-state index contributed by atoms with van der Waals surface area (Å²) >= 11 is 0. The Hall–Kier alpha value is -3.42. The summed E-state index contributed by atoms with van der Waals surface area (Å²) in [6.07, 6.45) is 1.21. The monoisotopic (exact) mass is 327 g/mol. The molecule has 0 amide bonds.